The number of unbranched alkanes of at least 4 members (excludes halogenated alkanes) is 1. The molecule has 0 bridgehead atoms. The van der Waals surface area contributed by atoms with Crippen molar-refractivity contribution >= 4 is 5.71 Å². The van der Waals surface area contributed by atoms with Gasteiger partial charge in [-0.05, 0) is 26.3 Å². The number of piperidine rings is 1. The third kappa shape index (κ3) is 5.14. The first-order valence-corrected chi connectivity index (χ1v) is 5.86. The standard InChI is InChI=1S/C11H22N2O2/c1-2-15-10-4-3-7-13-8-5-11(12-14)6-9-13/h14H,2-10H2,1H3. The quantitative estimate of drug-likeness (QED) is 0.416. The van der Waals surface area contributed by atoms with Crippen LogP contribution in [-0.4, -0.2) is 48.7 Å². The van der Waals surface area contributed by atoms with Crippen LogP contribution < -0.4 is 0 Å². The van der Waals surface area contributed by atoms with Gasteiger partial charge in [-0.15, -0.1) is 0 Å². The van der Waals surface area contributed by atoms with Crippen molar-refractivity contribution in [3.05, 3.63) is 0 Å². The first kappa shape index (κ1) is 12.5. The minimum Gasteiger partial charge on any atom is -0.411 e. The molecule has 1 aliphatic heterocycles. The van der Waals surface area contributed by atoms with Crippen LogP contribution in [0.1, 0.15) is 32.6 Å². The Balaban J connectivity index is 1.99. The lowest BCUT2D eigenvalue weighted by molar-refractivity contribution is 0.139. The Morgan fingerprint density at radius 2 is 2.07 bits per heavy atom. The molecule has 0 unspecified atom stereocenters. The third-order valence-corrected chi connectivity index (χ3v) is 2.79. The van der Waals surface area contributed by atoms with Crippen molar-refractivity contribution in [1.29, 1.82) is 0 Å². The second-order valence-corrected chi connectivity index (χ2v) is 3.91. The van der Waals surface area contributed by atoms with Crippen molar-refractivity contribution in [2.75, 3.05) is 32.8 Å². The third-order valence-electron chi connectivity index (χ3n) is 2.79. The van der Waals surface area contributed by atoms with Gasteiger partial charge in [0.05, 0.1) is 5.71 Å². The number of likely N-dealkylation sites (tertiary alicyclic amines) is 1. The van der Waals surface area contributed by atoms with Gasteiger partial charge in [0, 0.05) is 39.1 Å². The molecule has 0 amide bonds. The summed E-state index contributed by atoms with van der Waals surface area (Å²) < 4.78 is 5.29. The molecule has 4 nitrogen and oxygen atoms in total. The van der Waals surface area contributed by atoms with Crippen LogP contribution in [-0.2, 0) is 4.74 Å². The van der Waals surface area contributed by atoms with Crippen molar-refractivity contribution < 1.29 is 9.94 Å². The summed E-state index contributed by atoms with van der Waals surface area (Å²) in [6, 6.07) is 0. The molecule has 1 fully saturated rings. The Bertz CT molecular complexity index is 185. The highest BCUT2D eigenvalue weighted by atomic mass is 16.5. The van der Waals surface area contributed by atoms with Crippen molar-refractivity contribution in [3.63, 3.8) is 0 Å². The lowest BCUT2D eigenvalue weighted by Crippen LogP contribution is -2.34. The second kappa shape index (κ2) is 7.65. The van der Waals surface area contributed by atoms with E-state index in [1.54, 1.807) is 0 Å². The van der Waals surface area contributed by atoms with E-state index < -0.39 is 0 Å². The van der Waals surface area contributed by atoms with E-state index in [0.29, 0.717) is 0 Å². The van der Waals surface area contributed by atoms with E-state index in [9.17, 15) is 0 Å². The normalized spacial score (nSPS) is 18.1. The first-order chi connectivity index (χ1) is 7.36. The summed E-state index contributed by atoms with van der Waals surface area (Å²) in [7, 11) is 0. The Morgan fingerprint density at radius 1 is 1.33 bits per heavy atom. The summed E-state index contributed by atoms with van der Waals surface area (Å²) >= 11 is 0. The molecule has 4 heteroatoms. The van der Waals surface area contributed by atoms with Crippen LogP contribution in [0.15, 0.2) is 5.16 Å². The van der Waals surface area contributed by atoms with Crippen LogP contribution >= 0.6 is 0 Å². The van der Waals surface area contributed by atoms with Crippen molar-refractivity contribution in [2.45, 2.75) is 32.6 Å². The van der Waals surface area contributed by atoms with Gasteiger partial charge in [0.1, 0.15) is 0 Å². The monoisotopic (exact) mass is 214 g/mol. The van der Waals surface area contributed by atoms with E-state index in [0.717, 1.165) is 57.8 Å². The fraction of sp³-hybridized carbons (Fsp3) is 0.909. The Labute approximate surface area is 91.9 Å². The van der Waals surface area contributed by atoms with Crippen LogP contribution in [0.2, 0.25) is 0 Å². The molecule has 0 radical (unpaired) electrons. The fourth-order valence-corrected chi connectivity index (χ4v) is 1.82. The zero-order valence-electron chi connectivity index (χ0n) is 9.61. The van der Waals surface area contributed by atoms with E-state index in [4.69, 9.17) is 9.94 Å². The fourth-order valence-electron chi connectivity index (χ4n) is 1.82. The highest BCUT2D eigenvalue weighted by Crippen LogP contribution is 2.08. The minimum atomic E-state index is 0.819. The van der Waals surface area contributed by atoms with Crippen LogP contribution in [0.5, 0.6) is 0 Å². The van der Waals surface area contributed by atoms with Gasteiger partial charge in [-0.1, -0.05) is 5.16 Å². The lowest BCUT2D eigenvalue weighted by atomic mass is 10.1. The molecule has 1 aliphatic rings. The molecule has 0 aromatic rings. The van der Waals surface area contributed by atoms with E-state index in [1.165, 1.54) is 6.42 Å². The molecule has 0 aromatic heterocycles. The number of hydrogen-bond donors (Lipinski definition) is 1. The molecule has 1 saturated heterocycles. The first-order valence-electron chi connectivity index (χ1n) is 5.86. The average Bonchev–Trinajstić information content (AvgIpc) is 2.30. The number of oxime groups is 1. The molecule has 0 atom stereocenters. The van der Waals surface area contributed by atoms with E-state index in [2.05, 4.69) is 10.1 Å². The SMILES string of the molecule is CCOCCCCN1CCC(=NO)CC1. The number of ether oxygens (including phenoxy) is 1. The Morgan fingerprint density at radius 3 is 2.67 bits per heavy atom. The summed E-state index contributed by atoms with van der Waals surface area (Å²) in [5, 5.41) is 11.9. The predicted octanol–water partition coefficient (Wildman–Crippen LogP) is 1.73. The van der Waals surface area contributed by atoms with Crippen LogP contribution in [0, 0.1) is 0 Å². The maximum atomic E-state index is 8.60. The van der Waals surface area contributed by atoms with Gasteiger partial charge in [0.25, 0.3) is 0 Å². The Kier molecular flexibility index (Phi) is 6.36. The second-order valence-electron chi connectivity index (χ2n) is 3.91. The van der Waals surface area contributed by atoms with Crippen molar-refractivity contribution in [2.24, 2.45) is 5.16 Å². The van der Waals surface area contributed by atoms with Crippen LogP contribution in [0.25, 0.3) is 0 Å². The van der Waals surface area contributed by atoms with E-state index in [1.807, 2.05) is 6.92 Å². The molecular formula is C11H22N2O2. The van der Waals surface area contributed by atoms with Gasteiger partial charge in [-0.25, -0.2) is 0 Å². The van der Waals surface area contributed by atoms with Gasteiger partial charge < -0.3 is 14.8 Å². The number of rotatable bonds is 6. The Hall–Kier alpha value is -0.610. The molecule has 0 spiro atoms. The molecule has 1 N–H and O–H groups in total. The van der Waals surface area contributed by atoms with E-state index in [-0.39, 0.29) is 0 Å². The van der Waals surface area contributed by atoms with Gasteiger partial charge in [0.2, 0.25) is 0 Å². The molecule has 0 aromatic carbocycles. The smallest absolute Gasteiger partial charge is 0.0596 e. The molecule has 0 aliphatic carbocycles. The van der Waals surface area contributed by atoms with E-state index >= 15 is 0 Å². The zero-order valence-corrected chi connectivity index (χ0v) is 9.61. The van der Waals surface area contributed by atoms with Gasteiger partial charge in [0.15, 0.2) is 0 Å². The van der Waals surface area contributed by atoms with Crippen LogP contribution in [0.3, 0.4) is 0 Å². The highest BCUT2D eigenvalue weighted by Gasteiger charge is 2.14. The summed E-state index contributed by atoms with van der Waals surface area (Å²) in [5.41, 5.74) is 0.945. The summed E-state index contributed by atoms with van der Waals surface area (Å²) in [6.07, 6.45) is 4.18. The molecule has 0 saturated carbocycles. The average molecular weight is 214 g/mol. The van der Waals surface area contributed by atoms with Crippen molar-refractivity contribution in [1.82, 2.24) is 4.90 Å². The lowest BCUT2D eigenvalue weighted by Gasteiger charge is -2.26. The molecule has 88 valence electrons. The topological polar surface area (TPSA) is 45.1 Å². The van der Waals surface area contributed by atoms with Gasteiger partial charge >= 0.3 is 0 Å². The maximum Gasteiger partial charge on any atom is 0.0596 e. The van der Waals surface area contributed by atoms with Crippen LogP contribution in [0.4, 0.5) is 0 Å². The number of nitrogens with zero attached hydrogens (tertiary/aromatic N) is 2. The molecule has 15 heavy (non-hydrogen) atoms. The zero-order chi connectivity index (χ0) is 10.9. The minimum absolute atomic E-state index is 0.819. The summed E-state index contributed by atoms with van der Waals surface area (Å²) in [5.74, 6) is 0. The predicted molar refractivity (Wildman–Crippen MR) is 60.6 cm³/mol. The molecule has 1 rings (SSSR count). The van der Waals surface area contributed by atoms with Gasteiger partial charge in [-0.3, -0.25) is 0 Å². The highest BCUT2D eigenvalue weighted by molar-refractivity contribution is 5.84. The molecular weight excluding hydrogens is 192 g/mol. The van der Waals surface area contributed by atoms with Gasteiger partial charge in [-0.2, -0.15) is 0 Å². The maximum absolute atomic E-state index is 8.60. The summed E-state index contributed by atoms with van der Waals surface area (Å²) in [4.78, 5) is 2.43. The summed E-state index contributed by atoms with van der Waals surface area (Å²) in [6.45, 7) is 6.95. The largest absolute Gasteiger partial charge is 0.411 e. The molecule has 1 heterocycles. The number of hydrogen-bond acceptors (Lipinski definition) is 4. The van der Waals surface area contributed by atoms with Crippen molar-refractivity contribution in [3.8, 4) is 0 Å².